The third-order valence-electron chi connectivity index (χ3n) is 2.40. The van der Waals surface area contributed by atoms with Gasteiger partial charge < -0.3 is 10.8 Å². The van der Waals surface area contributed by atoms with E-state index in [1.54, 1.807) is 24.3 Å². The third kappa shape index (κ3) is 1.40. The Morgan fingerprint density at radius 1 is 1.27 bits per heavy atom. The zero-order valence-electron chi connectivity index (χ0n) is 7.81. The Morgan fingerprint density at radius 2 is 1.87 bits per heavy atom. The van der Waals surface area contributed by atoms with Crippen LogP contribution in [-0.2, 0) is 4.79 Å². The maximum absolute atomic E-state index is 11.7. The second-order valence-electron chi connectivity index (χ2n) is 3.35. The predicted molar refractivity (Wildman–Crippen MR) is 54.1 cm³/mol. The number of nitrogens with two attached hydrogens (primary N) is 1. The SMILES string of the molecule is NC1=CC(C(=O)O)C(=O)c2ccccc21. The van der Waals surface area contributed by atoms with Crippen LogP contribution in [0.2, 0.25) is 0 Å². The highest BCUT2D eigenvalue weighted by atomic mass is 16.4. The van der Waals surface area contributed by atoms with Crippen molar-refractivity contribution in [2.75, 3.05) is 0 Å². The summed E-state index contributed by atoms with van der Waals surface area (Å²) in [6.07, 6.45) is 1.28. The molecule has 0 saturated carbocycles. The number of benzene rings is 1. The highest BCUT2D eigenvalue weighted by Crippen LogP contribution is 2.26. The number of carboxylic acid groups (broad SMARTS) is 1. The van der Waals surface area contributed by atoms with Gasteiger partial charge in [-0.1, -0.05) is 24.3 Å². The van der Waals surface area contributed by atoms with Gasteiger partial charge in [0.05, 0.1) is 0 Å². The summed E-state index contributed by atoms with van der Waals surface area (Å²) in [5.41, 5.74) is 7.02. The van der Waals surface area contributed by atoms with E-state index in [0.717, 1.165) is 0 Å². The second-order valence-corrected chi connectivity index (χ2v) is 3.35. The fourth-order valence-electron chi connectivity index (χ4n) is 1.65. The number of fused-ring (bicyclic) bond motifs is 1. The molecule has 0 fully saturated rings. The summed E-state index contributed by atoms with van der Waals surface area (Å²) in [5.74, 6) is -2.73. The Hall–Kier alpha value is -2.10. The Balaban J connectivity index is 2.59. The van der Waals surface area contributed by atoms with E-state index in [1.165, 1.54) is 6.08 Å². The van der Waals surface area contributed by atoms with Crippen LogP contribution in [0.3, 0.4) is 0 Å². The van der Waals surface area contributed by atoms with E-state index in [-0.39, 0.29) is 0 Å². The summed E-state index contributed by atoms with van der Waals surface area (Å²) in [5, 5.41) is 8.83. The number of ketones is 1. The smallest absolute Gasteiger partial charge is 0.318 e. The highest BCUT2D eigenvalue weighted by molar-refractivity contribution is 6.14. The van der Waals surface area contributed by atoms with Crippen LogP contribution in [0.1, 0.15) is 15.9 Å². The normalized spacial score (nSPS) is 19.3. The summed E-state index contributed by atoms with van der Waals surface area (Å²) < 4.78 is 0. The largest absolute Gasteiger partial charge is 0.480 e. The first-order chi connectivity index (χ1) is 7.11. The van der Waals surface area contributed by atoms with E-state index in [0.29, 0.717) is 16.8 Å². The van der Waals surface area contributed by atoms with Gasteiger partial charge in [-0.3, -0.25) is 9.59 Å². The Kier molecular flexibility index (Phi) is 2.04. The molecule has 0 saturated heterocycles. The van der Waals surface area contributed by atoms with Gasteiger partial charge in [0, 0.05) is 16.8 Å². The first-order valence-corrected chi connectivity index (χ1v) is 4.45. The van der Waals surface area contributed by atoms with Gasteiger partial charge in [-0.05, 0) is 6.08 Å². The van der Waals surface area contributed by atoms with Crippen molar-refractivity contribution in [3.8, 4) is 0 Å². The molecular formula is C11H9NO3. The molecule has 76 valence electrons. The van der Waals surface area contributed by atoms with Crippen LogP contribution in [0.25, 0.3) is 5.70 Å². The molecule has 4 nitrogen and oxygen atoms in total. The van der Waals surface area contributed by atoms with Gasteiger partial charge in [0.15, 0.2) is 5.78 Å². The topological polar surface area (TPSA) is 80.4 Å². The van der Waals surface area contributed by atoms with Crippen LogP contribution in [-0.4, -0.2) is 16.9 Å². The van der Waals surface area contributed by atoms with Gasteiger partial charge in [-0.15, -0.1) is 0 Å². The number of carboxylic acids is 1. The zero-order valence-corrected chi connectivity index (χ0v) is 7.81. The monoisotopic (exact) mass is 203 g/mol. The van der Waals surface area contributed by atoms with Crippen molar-refractivity contribution in [1.29, 1.82) is 0 Å². The van der Waals surface area contributed by atoms with E-state index in [9.17, 15) is 9.59 Å². The second kappa shape index (κ2) is 3.24. The molecule has 1 aromatic rings. The van der Waals surface area contributed by atoms with Gasteiger partial charge in [-0.25, -0.2) is 0 Å². The predicted octanol–water partition coefficient (Wildman–Crippen LogP) is 0.883. The van der Waals surface area contributed by atoms with Crippen LogP contribution in [0, 0.1) is 5.92 Å². The number of carbonyl (C=O) groups excluding carboxylic acids is 1. The van der Waals surface area contributed by atoms with E-state index in [1.807, 2.05) is 0 Å². The molecule has 15 heavy (non-hydrogen) atoms. The minimum absolute atomic E-state index is 0.345. The number of rotatable bonds is 1. The Labute approximate surface area is 86.0 Å². The van der Waals surface area contributed by atoms with Gasteiger partial charge in [0.1, 0.15) is 5.92 Å². The van der Waals surface area contributed by atoms with Gasteiger partial charge in [0.2, 0.25) is 0 Å². The molecule has 4 heteroatoms. The molecule has 0 amide bonds. The Bertz CT molecular complexity index is 476. The number of Topliss-reactive ketones (excluding diaryl/α,β-unsaturated/α-hetero) is 1. The molecule has 0 bridgehead atoms. The lowest BCUT2D eigenvalue weighted by Crippen LogP contribution is -2.27. The lowest BCUT2D eigenvalue weighted by atomic mass is 9.86. The van der Waals surface area contributed by atoms with Gasteiger partial charge in [0.25, 0.3) is 0 Å². The molecule has 0 aromatic heterocycles. The molecule has 3 N–H and O–H groups in total. The minimum atomic E-state index is -1.17. The van der Waals surface area contributed by atoms with Crippen LogP contribution >= 0.6 is 0 Å². The number of hydrogen-bond donors (Lipinski definition) is 2. The van der Waals surface area contributed by atoms with Crippen molar-refractivity contribution in [3.05, 3.63) is 41.5 Å². The van der Waals surface area contributed by atoms with E-state index >= 15 is 0 Å². The molecule has 1 aliphatic carbocycles. The molecule has 0 spiro atoms. The van der Waals surface area contributed by atoms with Crippen LogP contribution in [0.15, 0.2) is 30.3 Å². The molecular weight excluding hydrogens is 194 g/mol. The van der Waals surface area contributed by atoms with Crippen molar-refractivity contribution in [2.45, 2.75) is 0 Å². The molecule has 0 radical (unpaired) electrons. The lowest BCUT2D eigenvalue weighted by molar-refractivity contribution is -0.138. The number of hydrogen-bond acceptors (Lipinski definition) is 3. The van der Waals surface area contributed by atoms with Crippen LogP contribution < -0.4 is 5.73 Å². The summed E-state index contributed by atoms with van der Waals surface area (Å²) in [7, 11) is 0. The van der Waals surface area contributed by atoms with E-state index in [2.05, 4.69) is 0 Å². The number of aliphatic carboxylic acids is 1. The van der Waals surface area contributed by atoms with Crippen molar-refractivity contribution >= 4 is 17.4 Å². The van der Waals surface area contributed by atoms with Gasteiger partial charge >= 0.3 is 5.97 Å². The molecule has 0 aliphatic heterocycles. The Morgan fingerprint density at radius 3 is 2.47 bits per heavy atom. The average molecular weight is 203 g/mol. The summed E-state index contributed by atoms with van der Waals surface area (Å²) in [6, 6.07) is 6.74. The average Bonchev–Trinajstić information content (AvgIpc) is 2.23. The van der Waals surface area contributed by atoms with Crippen LogP contribution in [0.5, 0.6) is 0 Å². The quantitative estimate of drug-likeness (QED) is 0.664. The summed E-state index contributed by atoms with van der Waals surface area (Å²) >= 11 is 0. The standard InChI is InChI=1S/C11H9NO3/c12-9-5-8(11(14)15)10(13)7-4-2-1-3-6(7)9/h1-5,8H,12H2,(H,14,15). The third-order valence-corrected chi connectivity index (χ3v) is 2.40. The van der Waals surface area contributed by atoms with Crippen molar-refractivity contribution in [3.63, 3.8) is 0 Å². The highest BCUT2D eigenvalue weighted by Gasteiger charge is 2.31. The molecule has 0 heterocycles. The number of carbonyl (C=O) groups is 2. The maximum atomic E-state index is 11.7. The van der Waals surface area contributed by atoms with Gasteiger partial charge in [-0.2, -0.15) is 0 Å². The molecule has 1 aromatic carbocycles. The van der Waals surface area contributed by atoms with Crippen molar-refractivity contribution in [2.24, 2.45) is 11.7 Å². The first-order valence-electron chi connectivity index (χ1n) is 4.45. The zero-order chi connectivity index (χ0) is 11.0. The van der Waals surface area contributed by atoms with E-state index < -0.39 is 17.7 Å². The molecule has 1 atom stereocenters. The minimum Gasteiger partial charge on any atom is -0.480 e. The van der Waals surface area contributed by atoms with E-state index in [4.69, 9.17) is 10.8 Å². The van der Waals surface area contributed by atoms with Crippen LogP contribution in [0.4, 0.5) is 0 Å². The molecule has 2 rings (SSSR count). The first kappa shape index (κ1) is 9.45. The maximum Gasteiger partial charge on any atom is 0.318 e. The fraction of sp³-hybridized carbons (Fsp3) is 0.0909. The van der Waals surface area contributed by atoms with Crippen molar-refractivity contribution < 1.29 is 14.7 Å². The molecule has 1 unspecified atom stereocenters. The lowest BCUT2D eigenvalue weighted by Gasteiger charge is -2.17. The molecule has 1 aliphatic rings. The van der Waals surface area contributed by atoms with Crippen molar-refractivity contribution in [1.82, 2.24) is 0 Å². The summed E-state index contributed by atoms with van der Waals surface area (Å²) in [4.78, 5) is 22.5. The fourth-order valence-corrected chi connectivity index (χ4v) is 1.65. The summed E-state index contributed by atoms with van der Waals surface area (Å²) in [6.45, 7) is 0.